The van der Waals surface area contributed by atoms with Gasteiger partial charge in [-0.05, 0) is 25.3 Å². The molecule has 1 aromatic rings. The summed E-state index contributed by atoms with van der Waals surface area (Å²) in [4.78, 5) is 25.7. The molecule has 0 fully saturated rings. The monoisotopic (exact) mass is 270 g/mol. The average Bonchev–Trinajstić information content (AvgIpc) is 2.87. The molecular formula is C12H18N2O3S. The van der Waals surface area contributed by atoms with Crippen LogP contribution >= 0.6 is 11.3 Å². The Morgan fingerprint density at radius 3 is 2.61 bits per heavy atom. The number of thiophene rings is 1. The Morgan fingerprint density at radius 2 is 2.17 bits per heavy atom. The molecule has 100 valence electrons. The van der Waals surface area contributed by atoms with Gasteiger partial charge in [-0.3, -0.25) is 9.59 Å². The van der Waals surface area contributed by atoms with Crippen molar-refractivity contribution in [2.75, 3.05) is 13.7 Å². The predicted octanol–water partition coefficient (Wildman–Crippen LogP) is 1.16. The second-order valence-electron chi connectivity index (χ2n) is 4.13. The molecule has 0 bridgehead atoms. The predicted molar refractivity (Wildman–Crippen MR) is 70.1 cm³/mol. The number of hydrogen-bond donors (Lipinski definition) is 1. The molecule has 1 atom stereocenters. The van der Waals surface area contributed by atoms with E-state index in [-0.39, 0.29) is 18.5 Å². The van der Waals surface area contributed by atoms with E-state index in [1.807, 2.05) is 31.4 Å². The van der Waals surface area contributed by atoms with Crippen LogP contribution in [-0.2, 0) is 14.3 Å². The zero-order valence-corrected chi connectivity index (χ0v) is 11.6. The molecule has 0 aliphatic carbocycles. The molecule has 0 aliphatic rings. The fourth-order valence-corrected chi connectivity index (χ4v) is 2.21. The van der Waals surface area contributed by atoms with Gasteiger partial charge >= 0.3 is 5.97 Å². The van der Waals surface area contributed by atoms with Crippen molar-refractivity contribution in [3.8, 4) is 0 Å². The van der Waals surface area contributed by atoms with E-state index in [0.29, 0.717) is 0 Å². The second kappa shape index (κ2) is 6.51. The molecule has 0 spiro atoms. The molecule has 6 heteroatoms. The van der Waals surface area contributed by atoms with Crippen LogP contribution in [0, 0.1) is 0 Å². The largest absolute Gasteiger partial charge is 0.468 e. The van der Waals surface area contributed by atoms with Gasteiger partial charge in [0.2, 0.25) is 5.91 Å². The van der Waals surface area contributed by atoms with Crippen LogP contribution in [0.1, 0.15) is 24.8 Å². The number of carbonyl (C=O) groups is 2. The SMILES string of the molecule is COC(=O)CN(C(=O)C(N)c1cccs1)C(C)C. The second-order valence-corrected chi connectivity index (χ2v) is 5.11. The molecule has 1 unspecified atom stereocenters. The molecule has 2 N–H and O–H groups in total. The number of carbonyl (C=O) groups excluding carboxylic acids is 2. The van der Waals surface area contributed by atoms with Crippen LogP contribution in [0.25, 0.3) is 0 Å². The Labute approximate surface area is 111 Å². The first-order valence-electron chi connectivity index (χ1n) is 5.63. The van der Waals surface area contributed by atoms with Gasteiger partial charge < -0.3 is 15.4 Å². The summed E-state index contributed by atoms with van der Waals surface area (Å²) >= 11 is 1.42. The van der Waals surface area contributed by atoms with Crippen molar-refractivity contribution in [2.45, 2.75) is 25.9 Å². The molecule has 18 heavy (non-hydrogen) atoms. The Kier molecular flexibility index (Phi) is 5.30. The molecule has 1 rings (SSSR count). The van der Waals surface area contributed by atoms with E-state index in [1.165, 1.54) is 23.3 Å². The summed E-state index contributed by atoms with van der Waals surface area (Å²) in [5, 5.41) is 1.86. The van der Waals surface area contributed by atoms with E-state index in [4.69, 9.17) is 5.73 Å². The highest BCUT2D eigenvalue weighted by Gasteiger charge is 2.27. The lowest BCUT2D eigenvalue weighted by Gasteiger charge is -2.27. The van der Waals surface area contributed by atoms with Crippen molar-refractivity contribution in [1.29, 1.82) is 0 Å². The first-order chi connectivity index (χ1) is 8.47. The summed E-state index contributed by atoms with van der Waals surface area (Å²) in [6.45, 7) is 3.59. The number of ether oxygens (including phenoxy) is 1. The van der Waals surface area contributed by atoms with Crippen molar-refractivity contribution in [3.05, 3.63) is 22.4 Å². The number of amides is 1. The summed E-state index contributed by atoms with van der Waals surface area (Å²) in [5.74, 6) is -0.715. The summed E-state index contributed by atoms with van der Waals surface area (Å²) < 4.78 is 4.58. The lowest BCUT2D eigenvalue weighted by molar-refractivity contribution is -0.148. The van der Waals surface area contributed by atoms with E-state index in [2.05, 4.69) is 4.74 Å². The van der Waals surface area contributed by atoms with Crippen molar-refractivity contribution in [3.63, 3.8) is 0 Å². The van der Waals surface area contributed by atoms with Gasteiger partial charge in [-0.25, -0.2) is 0 Å². The van der Waals surface area contributed by atoms with E-state index in [9.17, 15) is 9.59 Å². The zero-order chi connectivity index (χ0) is 13.7. The van der Waals surface area contributed by atoms with Gasteiger partial charge in [0.1, 0.15) is 12.6 Å². The van der Waals surface area contributed by atoms with Crippen LogP contribution in [0.15, 0.2) is 17.5 Å². The van der Waals surface area contributed by atoms with Crippen molar-refractivity contribution < 1.29 is 14.3 Å². The van der Waals surface area contributed by atoms with Crippen LogP contribution in [0.2, 0.25) is 0 Å². The summed E-state index contributed by atoms with van der Waals surface area (Å²) in [7, 11) is 1.30. The summed E-state index contributed by atoms with van der Waals surface area (Å²) in [6.07, 6.45) is 0. The maximum absolute atomic E-state index is 12.2. The molecule has 1 heterocycles. The highest BCUT2D eigenvalue weighted by molar-refractivity contribution is 7.10. The van der Waals surface area contributed by atoms with E-state index in [1.54, 1.807) is 0 Å². The first kappa shape index (κ1) is 14.7. The van der Waals surface area contributed by atoms with Gasteiger partial charge in [-0.2, -0.15) is 0 Å². The third-order valence-corrected chi connectivity index (χ3v) is 3.50. The quantitative estimate of drug-likeness (QED) is 0.815. The molecule has 1 aromatic heterocycles. The first-order valence-corrected chi connectivity index (χ1v) is 6.51. The van der Waals surface area contributed by atoms with Gasteiger partial charge in [-0.1, -0.05) is 6.07 Å². The molecule has 5 nitrogen and oxygen atoms in total. The van der Waals surface area contributed by atoms with Gasteiger partial charge in [0.15, 0.2) is 0 Å². The maximum Gasteiger partial charge on any atom is 0.325 e. The fourth-order valence-electron chi connectivity index (χ4n) is 1.49. The van der Waals surface area contributed by atoms with Crippen LogP contribution in [0.5, 0.6) is 0 Å². The summed E-state index contributed by atoms with van der Waals surface area (Å²) in [5.41, 5.74) is 5.91. The topological polar surface area (TPSA) is 72.6 Å². The maximum atomic E-state index is 12.2. The fraction of sp³-hybridized carbons (Fsp3) is 0.500. The zero-order valence-electron chi connectivity index (χ0n) is 10.8. The Bertz CT molecular complexity index is 403. The molecule has 1 amide bonds. The summed E-state index contributed by atoms with van der Waals surface area (Å²) in [6, 6.07) is 2.82. The van der Waals surface area contributed by atoms with Crippen LogP contribution < -0.4 is 5.73 Å². The van der Waals surface area contributed by atoms with E-state index in [0.717, 1.165) is 4.88 Å². The minimum atomic E-state index is -0.725. The molecule has 0 radical (unpaired) electrons. The Morgan fingerprint density at radius 1 is 1.50 bits per heavy atom. The number of esters is 1. The van der Waals surface area contributed by atoms with Crippen molar-refractivity contribution >= 4 is 23.2 Å². The number of nitrogens with two attached hydrogens (primary N) is 1. The van der Waals surface area contributed by atoms with Crippen LogP contribution in [0.4, 0.5) is 0 Å². The van der Waals surface area contributed by atoms with Crippen LogP contribution in [-0.4, -0.2) is 36.5 Å². The average molecular weight is 270 g/mol. The lowest BCUT2D eigenvalue weighted by atomic mass is 10.2. The Balaban J connectivity index is 2.79. The molecule has 0 saturated carbocycles. The standard InChI is InChI=1S/C12H18N2O3S/c1-8(2)14(7-10(15)17-3)12(16)11(13)9-5-4-6-18-9/h4-6,8,11H,7,13H2,1-3H3. The van der Waals surface area contributed by atoms with Gasteiger partial charge in [0, 0.05) is 10.9 Å². The third kappa shape index (κ3) is 3.54. The van der Waals surface area contributed by atoms with Gasteiger partial charge in [0.05, 0.1) is 7.11 Å². The molecule has 0 saturated heterocycles. The lowest BCUT2D eigenvalue weighted by Crippen LogP contribution is -2.45. The molecule has 0 aromatic carbocycles. The normalized spacial score (nSPS) is 12.3. The van der Waals surface area contributed by atoms with Gasteiger partial charge in [-0.15, -0.1) is 11.3 Å². The van der Waals surface area contributed by atoms with Gasteiger partial charge in [0.25, 0.3) is 0 Å². The molecule has 0 aliphatic heterocycles. The minimum absolute atomic E-state index is 0.0773. The third-order valence-electron chi connectivity index (χ3n) is 2.55. The number of rotatable bonds is 5. The highest BCUT2D eigenvalue weighted by Crippen LogP contribution is 2.19. The number of nitrogens with zero attached hydrogens (tertiary/aromatic N) is 1. The van der Waals surface area contributed by atoms with E-state index < -0.39 is 12.0 Å². The van der Waals surface area contributed by atoms with Crippen molar-refractivity contribution in [2.24, 2.45) is 5.73 Å². The number of hydrogen-bond acceptors (Lipinski definition) is 5. The Hall–Kier alpha value is -1.40. The smallest absolute Gasteiger partial charge is 0.325 e. The van der Waals surface area contributed by atoms with E-state index >= 15 is 0 Å². The highest BCUT2D eigenvalue weighted by atomic mass is 32.1. The van der Waals surface area contributed by atoms with Crippen molar-refractivity contribution in [1.82, 2.24) is 4.90 Å². The minimum Gasteiger partial charge on any atom is -0.468 e. The molecular weight excluding hydrogens is 252 g/mol. The number of methoxy groups -OCH3 is 1. The van der Waals surface area contributed by atoms with Crippen LogP contribution in [0.3, 0.4) is 0 Å².